The minimum Gasteiger partial charge on any atom is -0.494 e. The predicted molar refractivity (Wildman–Crippen MR) is 132 cm³/mol. The number of hydrogen-bond acceptors (Lipinski definition) is 8. The van der Waals surface area contributed by atoms with Gasteiger partial charge in [-0.3, -0.25) is 9.69 Å². The molecule has 1 amide bonds. The summed E-state index contributed by atoms with van der Waals surface area (Å²) in [4.78, 5) is 21.9. The first-order valence-corrected chi connectivity index (χ1v) is 12.2. The first kappa shape index (κ1) is 22.3. The van der Waals surface area contributed by atoms with Gasteiger partial charge in [-0.1, -0.05) is 11.6 Å². The van der Waals surface area contributed by atoms with E-state index in [0.29, 0.717) is 16.7 Å². The molecule has 1 fully saturated rings. The third kappa shape index (κ3) is 4.61. The Morgan fingerprint density at radius 3 is 2.85 bits per heavy atom. The van der Waals surface area contributed by atoms with Crippen LogP contribution in [0, 0.1) is 0 Å². The Balaban J connectivity index is 1.46. The van der Waals surface area contributed by atoms with Crippen molar-refractivity contribution in [2.75, 3.05) is 69.8 Å². The van der Waals surface area contributed by atoms with Gasteiger partial charge in [-0.05, 0) is 13.1 Å². The number of nitrogens with one attached hydrogen (secondary N) is 2. The van der Waals surface area contributed by atoms with Gasteiger partial charge in [0.25, 0.3) is 0 Å². The SMILES string of the molecule is COc1cc2c(cc1-n1nc(NCCN3CCN(C)CC3)c3cnc(Cl)cc31)SCC(=O)N2. The number of carbonyl (C=O) groups excluding carboxylic acids is 1. The average molecular weight is 488 g/mol. The number of halogens is 1. The number of piperazine rings is 1. The highest BCUT2D eigenvalue weighted by Gasteiger charge is 2.22. The van der Waals surface area contributed by atoms with Crippen LogP contribution < -0.4 is 15.4 Å². The lowest BCUT2D eigenvalue weighted by molar-refractivity contribution is -0.113. The molecule has 5 rings (SSSR count). The summed E-state index contributed by atoms with van der Waals surface area (Å²) < 4.78 is 7.49. The number of likely N-dealkylation sites (N-methyl/N-ethyl adjacent to an activating group) is 1. The number of hydrogen-bond donors (Lipinski definition) is 2. The van der Waals surface area contributed by atoms with Gasteiger partial charge < -0.3 is 20.3 Å². The van der Waals surface area contributed by atoms with Crippen LogP contribution in [0.25, 0.3) is 16.6 Å². The number of anilines is 2. The summed E-state index contributed by atoms with van der Waals surface area (Å²) >= 11 is 7.74. The monoisotopic (exact) mass is 487 g/mol. The Morgan fingerprint density at radius 2 is 2.06 bits per heavy atom. The fourth-order valence-corrected chi connectivity index (χ4v) is 5.10. The number of carbonyl (C=O) groups is 1. The molecular formula is C22H26ClN7O2S. The number of benzene rings is 1. The quantitative estimate of drug-likeness (QED) is 0.513. The maximum atomic E-state index is 11.8. The van der Waals surface area contributed by atoms with E-state index in [0.717, 1.165) is 72.3 Å². The van der Waals surface area contributed by atoms with E-state index < -0.39 is 0 Å². The first-order chi connectivity index (χ1) is 16.0. The van der Waals surface area contributed by atoms with Gasteiger partial charge in [0.15, 0.2) is 5.82 Å². The number of methoxy groups -OCH3 is 1. The van der Waals surface area contributed by atoms with E-state index in [-0.39, 0.29) is 5.91 Å². The summed E-state index contributed by atoms with van der Waals surface area (Å²) in [6.07, 6.45) is 1.75. The fourth-order valence-electron chi connectivity index (χ4n) is 4.13. The van der Waals surface area contributed by atoms with Gasteiger partial charge in [-0.2, -0.15) is 0 Å². The van der Waals surface area contributed by atoms with E-state index in [9.17, 15) is 4.79 Å². The van der Waals surface area contributed by atoms with E-state index in [1.165, 1.54) is 11.8 Å². The van der Waals surface area contributed by atoms with Crippen molar-refractivity contribution in [3.8, 4) is 11.4 Å². The summed E-state index contributed by atoms with van der Waals surface area (Å²) in [5.41, 5.74) is 2.36. The van der Waals surface area contributed by atoms with Crippen LogP contribution in [0.4, 0.5) is 11.5 Å². The van der Waals surface area contributed by atoms with Gasteiger partial charge in [0.05, 0.1) is 29.5 Å². The molecule has 0 aliphatic carbocycles. The van der Waals surface area contributed by atoms with Crippen LogP contribution in [0.3, 0.4) is 0 Å². The maximum Gasteiger partial charge on any atom is 0.234 e. The number of fused-ring (bicyclic) bond motifs is 2. The van der Waals surface area contributed by atoms with E-state index in [4.69, 9.17) is 21.4 Å². The molecule has 0 saturated carbocycles. The molecule has 2 aliphatic rings. The number of aromatic nitrogens is 3. The number of rotatable bonds is 6. The van der Waals surface area contributed by atoms with Gasteiger partial charge in [0.1, 0.15) is 16.6 Å². The molecule has 2 N–H and O–H groups in total. The standard InChI is InChI=1S/C22H26ClN7O2S/c1-28-5-7-29(8-6-28)4-3-24-22-14-12-25-20(23)11-16(14)30(27-22)17-10-19-15(9-18(17)32-2)26-21(31)13-33-19/h9-12H,3-8,13H2,1-2H3,(H,24,27)(H,26,31). The highest BCUT2D eigenvalue weighted by Crippen LogP contribution is 2.39. The Bertz CT molecular complexity index is 1190. The van der Waals surface area contributed by atoms with Crippen molar-refractivity contribution in [3.05, 3.63) is 29.5 Å². The van der Waals surface area contributed by atoms with E-state index >= 15 is 0 Å². The third-order valence-corrected chi connectivity index (χ3v) is 7.25. The molecule has 9 nitrogen and oxygen atoms in total. The molecule has 0 unspecified atom stereocenters. The highest BCUT2D eigenvalue weighted by molar-refractivity contribution is 8.00. The lowest BCUT2D eigenvalue weighted by Crippen LogP contribution is -2.45. The predicted octanol–water partition coefficient (Wildman–Crippen LogP) is 2.79. The molecule has 2 aromatic heterocycles. The summed E-state index contributed by atoms with van der Waals surface area (Å²) in [5.74, 6) is 1.73. The molecular weight excluding hydrogens is 462 g/mol. The number of amides is 1. The lowest BCUT2D eigenvalue weighted by atomic mass is 10.2. The fraction of sp³-hybridized carbons (Fsp3) is 0.409. The zero-order valence-corrected chi connectivity index (χ0v) is 20.2. The van der Waals surface area contributed by atoms with Crippen LogP contribution in [0.15, 0.2) is 29.3 Å². The van der Waals surface area contributed by atoms with Crippen molar-refractivity contribution in [3.63, 3.8) is 0 Å². The second kappa shape index (κ2) is 9.38. The van der Waals surface area contributed by atoms with Crippen molar-refractivity contribution >= 4 is 51.7 Å². The zero-order valence-electron chi connectivity index (χ0n) is 18.6. The van der Waals surface area contributed by atoms with Crippen LogP contribution in [0.1, 0.15) is 0 Å². The lowest BCUT2D eigenvalue weighted by Gasteiger charge is -2.32. The zero-order chi connectivity index (χ0) is 22.9. The Hall–Kier alpha value is -2.53. The molecule has 4 heterocycles. The topological polar surface area (TPSA) is 87.6 Å². The van der Waals surface area contributed by atoms with Gasteiger partial charge >= 0.3 is 0 Å². The Morgan fingerprint density at radius 1 is 1.24 bits per heavy atom. The molecule has 174 valence electrons. The van der Waals surface area contributed by atoms with Crippen molar-refractivity contribution < 1.29 is 9.53 Å². The van der Waals surface area contributed by atoms with Crippen molar-refractivity contribution in [1.82, 2.24) is 24.6 Å². The summed E-state index contributed by atoms with van der Waals surface area (Å²) in [7, 11) is 3.77. The largest absolute Gasteiger partial charge is 0.494 e. The average Bonchev–Trinajstić information content (AvgIpc) is 3.16. The molecule has 1 aromatic carbocycles. The Kier molecular flexibility index (Phi) is 6.33. The molecule has 11 heteroatoms. The van der Waals surface area contributed by atoms with Gasteiger partial charge in [0.2, 0.25) is 5.91 Å². The second-order valence-corrected chi connectivity index (χ2v) is 9.62. The normalized spacial score (nSPS) is 17.1. The van der Waals surface area contributed by atoms with Gasteiger partial charge in [0, 0.05) is 62.5 Å². The number of thioether (sulfide) groups is 1. The second-order valence-electron chi connectivity index (χ2n) is 8.21. The van der Waals surface area contributed by atoms with Gasteiger partial charge in [-0.25, -0.2) is 9.67 Å². The van der Waals surface area contributed by atoms with Crippen LogP contribution in [-0.4, -0.2) is 89.7 Å². The Labute approximate surface area is 201 Å². The van der Waals surface area contributed by atoms with E-state index in [2.05, 4.69) is 32.5 Å². The summed E-state index contributed by atoms with van der Waals surface area (Å²) in [6.45, 7) is 6.06. The van der Waals surface area contributed by atoms with Crippen molar-refractivity contribution in [1.29, 1.82) is 0 Å². The molecule has 3 aromatic rings. The molecule has 33 heavy (non-hydrogen) atoms. The van der Waals surface area contributed by atoms with E-state index in [1.807, 2.05) is 22.9 Å². The van der Waals surface area contributed by atoms with Crippen LogP contribution in [-0.2, 0) is 4.79 Å². The molecule has 0 spiro atoms. The summed E-state index contributed by atoms with van der Waals surface area (Å²) in [6, 6.07) is 5.64. The van der Waals surface area contributed by atoms with E-state index in [1.54, 1.807) is 13.3 Å². The van der Waals surface area contributed by atoms with Gasteiger partial charge in [-0.15, -0.1) is 16.9 Å². The van der Waals surface area contributed by atoms with Crippen LogP contribution in [0.2, 0.25) is 5.15 Å². The van der Waals surface area contributed by atoms with Crippen LogP contribution >= 0.6 is 23.4 Å². The number of ether oxygens (including phenoxy) is 1. The van der Waals surface area contributed by atoms with Crippen LogP contribution in [0.5, 0.6) is 5.75 Å². The molecule has 1 saturated heterocycles. The number of nitrogens with zero attached hydrogens (tertiary/aromatic N) is 5. The first-order valence-electron chi connectivity index (χ1n) is 10.9. The molecule has 2 aliphatic heterocycles. The maximum absolute atomic E-state index is 11.8. The minimum atomic E-state index is -0.0171. The third-order valence-electron chi connectivity index (χ3n) is 5.99. The van der Waals surface area contributed by atoms with Crippen molar-refractivity contribution in [2.45, 2.75) is 4.90 Å². The smallest absolute Gasteiger partial charge is 0.234 e. The summed E-state index contributed by atoms with van der Waals surface area (Å²) in [5, 5.41) is 12.5. The number of pyridine rings is 1. The molecule has 0 radical (unpaired) electrons. The highest BCUT2D eigenvalue weighted by atomic mass is 35.5. The minimum absolute atomic E-state index is 0.0171. The molecule has 0 bridgehead atoms. The van der Waals surface area contributed by atoms with Crippen molar-refractivity contribution in [2.24, 2.45) is 0 Å². The molecule has 0 atom stereocenters.